The van der Waals surface area contributed by atoms with Crippen LogP contribution in [0, 0.1) is 0 Å². The number of hydrogen-bond acceptors (Lipinski definition) is 13. The number of carbonyl (C=O) groups excluding carboxylic acids is 4. The molecular formula is C63H54N4O10. The van der Waals surface area contributed by atoms with Gasteiger partial charge in [0, 0.05) is 47.5 Å². The molecule has 1 unspecified atom stereocenters. The molecule has 0 saturated heterocycles. The summed E-state index contributed by atoms with van der Waals surface area (Å²) in [7, 11) is 5.08. The van der Waals surface area contributed by atoms with Crippen LogP contribution in [0.25, 0.3) is 39.1 Å². The van der Waals surface area contributed by atoms with Crippen molar-refractivity contribution in [3.8, 4) is 45.0 Å². The van der Waals surface area contributed by atoms with Gasteiger partial charge in [-0.25, -0.2) is 19.2 Å². The summed E-state index contributed by atoms with van der Waals surface area (Å²) in [5, 5.41) is 9.24. The summed E-state index contributed by atoms with van der Waals surface area (Å²) < 4.78 is 35.1. The van der Waals surface area contributed by atoms with E-state index in [-0.39, 0.29) is 46.9 Å². The van der Waals surface area contributed by atoms with Crippen LogP contribution < -0.4 is 9.47 Å². The fourth-order valence-electron chi connectivity index (χ4n) is 9.78. The van der Waals surface area contributed by atoms with Gasteiger partial charge in [0.25, 0.3) is 0 Å². The Labute approximate surface area is 445 Å². The average Bonchev–Trinajstić information content (AvgIpc) is 3.96. The average molecular weight is 1030 g/mol. The van der Waals surface area contributed by atoms with E-state index in [1.807, 2.05) is 30.5 Å². The van der Waals surface area contributed by atoms with Crippen LogP contribution >= 0.6 is 0 Å². The summed E-state index contributed by atoms with van der Waals surface area (Å²) in [5.41, 5.74) is 10.5. The molecule has 77 heavy (non-hydrogen) atoms. The van der Waals surface area contributed by atoms with E-state index in [0.717, 1.165) is 67.9 Å². The molecule has 0 fully saturated rings. The van der Waals surface area contributed by atoms with E-state index in [1.165, 1.54) is 52.7 Å². The number of pyridine rings is 1. The number of allylic oxidation sites excluding steroid dienone is 4. The largest absolute Gasteiger partial charge is 0.494 e. The Morgan fingerprint density at radius 2 is 1.06 bits per heavy atom. The summed E-state index contributed by atoms with van der Waals surface area (Å²) in [4.78, 5) is 56.2. The van der Waals surface area contributed by atoms with Crippen LogP contribution in [0.15, 0.2) is 176 Å². The monoisotopic (exact) mass is 1030 g/mol. The third kappa shape index (κ3) is 11.2. The Morgan fingerprint density at radius 3 is 1.57 bits per heavy atom. The Morgan fingerprint density at radius 1 is 0.571 bits per heavy atom. The van der Waals surface area contributed by atoms with Gasteiger partial charge in [-0.1, -0.05) is 127 Å². The van der Waals surface area contributed by atoms with Gasteiger partial charge in [0.15, 0.2) is 5.60 Å². The van der Waals surface area contributed by atoms with Crippen molar-refractivity contribution in [3.05, 3.63) is 226 Å². The molecule has 6 aromatic carbocycles. The molecule has 14 heteroatoms. The van der Waals surface area contributed by atoms with Gasteiger partial charge < -0.3 is 28.4 Å². The van der Waals surface area contributed by atoms with Crippen LogP contribution in [-0.4, -0.2) is 78.9 Å². The van der Waals surface area contributed by atoms with Crippen LogP contribution in [0.5, 0.6) is 11.5 Å². The van der Waals surface area contributed by atoms with Gasteiger partial charge in [-0.3, -0.25) is 9.67 Å². The molecule has 8 aliphatic heterocycles. The maximum absolute atomic E-state index is 13.2. The Bertz CT molecular complexity index is 3480. The number of ether oxygens (including phenoxy) is 6. The first-order valence-corrected chi connectivity index (χ1v) is 25.2. The second-order valence-corrected chi connectivity index (χ2v) is 18.7. The van der Waals surface area contributed by atoms with Crippen molar-refractivity contribution in [3.63, 3.8) is 0 Å². The molecule has 8 aromatic rings. The number of hydrogen-bond donors (Lipinski definition) is 0. The number of aryl methyl sites for hydroxylation is 1. The van der Waals surface area contributed by atoms with Crippen molar-refractivity contribution in [2.75, 3.05) is 35.0 Å². The predicted molar refractivity (Wildman–Crippen MR) is 290 cm³/mol. The normalized spacial score (nSPS) is 15.1. The SMILES string of the molecule is COC(=O)c1cc(OCCCCn2cc(C[C@]3(Oc4cc(C(=O)OC)cc(C(=O)OC)c4)c4ccc(cc4)C4=CCC(C=C4)c4cccc(n4)-c4ccc(cc4)-c4ccc(cc4)-c4ccc3cc4)nn2)cc(C(=O)OC)c1. The van der Waals surface area contributed by atoms with Crippen molar-refractivity contribution >= 4 is 29.5 Å². The molecule has 2 aromatic heterocycles. The molecule has 0 saturated carbocycles. The Kier molecular flexibility index (Phi) is 15.0. The summed E-state index contributed by atoms with van der Waals surface area (Å²) >= 11 is 0. The fraction of sp³-hybridized carbons (Fsp3) is 0.190. The number of methoxy groups -OCH3 is 4. The minimum atomic E-state index is -1.35. The van der Waals surface area contributed by atoms with Gasteiger partial charge in [-0.2, -0.15) is 0 Å². The van der Waals surface area contributed by atoms with Crippen molar-refractivity contribution in [2.45, 2.75) is 43.7 Å². The van der Waals surface area contributed by atoms with Gasteiger partial charge >= 0.3 is 23.9 Å². The molecule has 0 radical (unpaired) electrons. The first kappa shape index (κ1) is 51.1. The quantitative estimate of drug-likeness (QED) is 0.0574. The van der Waals surface area contributed by atoms with Crippen molar-refractivity contribution in [1.82, 2.24) is 20.0 Å². The lowest BCUT2D eigenvalue weighted by molar-refractivity contribution is 0.0579. The second kappa shape index (κ2) is 22.6. The van der Waals surface area contributed by atoms with Crippen molar-refractivity contribution < 1.29 is 47.6 Å². The molecule has 10 heterocycles. The number of aromatic nitrogens is 4. The van der Waals surface area contributed by atoms with E-state index >= 15 is 0 Å². The minimum absolute atomic E-state index is 0.0987. The zero-order valence-electron chi connectivity index (χ0n) is 42.9. The lowest BCUT2D eigenvalue weighted by atomic mass is 9.80. The molecule has 14 nitrogen and oxygen atoms in total. The molecule has 0 spiro atoms. The first-order chi connectivity index (χ1) is 37.5. The Balaban J connectivity index is 1.02. The highest BCUT2D eigenvalue weighted by Gasteiger charge is 2.39. The van der Waals surface area contributed by atoms with E-state index in [4.69, 9.17) is 38.5 Å². The van der Waals surface area contributed by atoms with Crippen LogP contribution in [0.4, 0.5) is 0 Å². The Hall–Kier alpha value is -9.43. The van der Waals surface area contributed by atoms with Crippen LogP contribution in [0.1, 0.15) is 94.7 Å². The third-order valence-corrected chi connectivity index (χ3v) is 13.9. The van der Waals surface area contributed by atoms with Crippen molar-refractivity contribution in [2.24, 2.45) is 0 Å². The zero-order valence-corrected chi connectivity index (χ0v) is 42.9. The molecule has 0 N–H and O–H groups in total. The smallest absolute Gasteiger partial charge is 0.338 e. The molecule has 1 aliphatic carbocycles. The van der Waals surface area contributed by atoms with Crippen LogP contribution in [0.3, 0.4) is 0 Å². The molecule has 386 valence electrons. The highest BCUT2D eigenvalue weighted by atomic mass is 16.5. The number of rotatable bonds is 14. The van der Waals surface area contributed by atoms with E-state index in [9.17, 15) is 19.2 Å². The van der Waals surface area contributed by atoms with E-state index in [1.54, 1.807) is 16.8 Å². The number of unbranched alkanes of at least 4 members (excludes halogenated alkanes) is 1. The number of fused-ring (bicyclic) bond motifs is 1. The van der Waals surface area contributed by atoms with Gasteiger partial charge in [-0.15, -0.1) is 5.10 Å². The van der Waals surface area contributed by atoms with Gasteiger partial charge in [-0.05, 0) is 101 Å². The minimum Gasteiger partial charge on any atom is -0.494 e. The topological polar surface area (TPSA) is 167 Å². The lowest BCUT2D eigenvalue weighted by Crippen LogP contribution is -2.37. The summed E-state index contributed by atoms with van der Waals surface area (Å²) in [5.74, 6) is -1.90. The third-order valence-electron chi connectivity index (χ3n) is 13.9. The first-order valence-electron chi connectivity index (χ1n) is 25.2. The van der Waals surface area contributed by atoms with Gasteiger partial charge in [0.2, 0.25) is 0 Å². The summed E-state index contributed by atoms with van der Waals surface area (Å²) in [6, 6.07) is 48.6. The van der Waals surface area contributed by atoms with Crippen LogP contribution in [-0.2, 0) is 37.5 Å². The van der Waals surface area contributed by atoms with Crippen LogP contribution in [0.2, 0.25) is 0 Å². The number of carbonyl (C=O) groups is 4. The maximum atomic E-state index is 13.2. The fourth-order valence-corrected chi connectivity index (χ4v) is 9.78. The number of nitrogens with zero attached hydrogens (tertiary/aromatic N) is 4. The van der Waals surface area contributed by atoms with Crippen molar-refractivity contribution in [1.29, 1.82) is 0 Å². The summed E-state index contributed by atoms with van der Waals surface area (Å²) in [6.07, 6.45) is 10.7. The zero-order chi connectivity index (χ0) is 53.5. The maximum Gasteiger partial charge on any atom is 0.338 e. The molecule has 0 amide bonds. The van der Waals surface area contributed by atoms with E-state index < -0.39 is 29.5 Å². The molecule has 9 aliphatic rings. The lowest BCUT2D eigenvalue weighted by Gasteiger charge is -2.36. The highest BCUT2D eigenvalue weighted by Crippen LogP contribution is 2.41. The van der Waals surface area contributed by atoms with E-state index in [0.29, 0.717) is 30.8 Å². The molecule has 17 rings (SSSR count). The number of esters is 4. The molecule has 2 atom stereocenters. The highest BCUT2D eigenvalue weighted by molar-refractivity contribution is 5.97. The molecule has 12 bridgehead atoms. The second-order valence-electron chi connectivity index (χ2n) is 18.7. The summed E-state index contributed by atoms with van der Waals surface area (Å²) in [6.45, 7) is 0.770. The molecular weight excluding hydrogens is 973 g/mol. The number of benzene rings is 6. The standard InChI is InChI=1S/C63H54N4O10/c1-72-59(68)48-32-49(60(69)73-2)35-55(34-48)76-31-6-5-30-67-39-54(65-66-67)38-63(77-56-36-50(61(70)74-3)33-51(37-56)62(71)75-4)52-26-22-44(23-27-52)41-12-10-40(11-13-41)42-14-18-46(19-15-42)57-8-7-9-58(64-57)47-20-16-43(17-21-47)45-24-28-53(63)29-25-45/h7-20,22-29,32-37,39,47H,5-6,21,30-31,38H2,1-4H3/t47?,63-/m1/s1. The van der Waals surface area contributed by atoms with Gasteiger partial charge in [0.05, 0.1) is 68.7 Å². The van der Waals surface area contributed by atoms with Gasteiger partial charge in [0.1, 0.15) is 11.5 Å². The van der Waals surface area contributed by atoms with E-state index in [2.05, 4.69) is 114 Å². The predicted octanol–water partition coefficient (Wildman–Crippen LogP) is 11.7.